The van der Waals surface area contributed by atoms with Gasteiger partial charge in [0.15, 0.2) is 11.0 Å². The molecule has 3 nitrogen and oxygen atoms in total. The van der Waals surface area contributed by atoms with Gasteiger partial charge in [0.2, 0.25) is 0 Å². The van der Waals surface area contributed by atoms with Gasteiger partial charge in [0.25, 0.3) is 5.91 Å². The van der Waals surface area contributed by atoms with Gasteiger partial charge in [-0.15, -0.1) is 0 Å². The van der Waals surface area contributed by atoms with E-state index in [0.717, 1.165) is 6.07 Å². The Hall–Kier alpha value is -0.990. The topological polar surface area (TPSA) is 42.0 Å². The third-order valence-electron chi connectivity index (χ3n) is 2.33. The van der Waals surface area contributed by atoms with Gasteiger partial charge < -0.3 is 5.32 Å². The highest BCUT2D eigenvalue weighted by atomic mass is 127. The molecule has 8 heteroatoms. The van der Waals surface area contributed by atoms with Crippen molar-refractivity contribution in [2.24, 2.45) is 0 Å². The number of hydrogen-bond acceptors (Lipinski definition) is 2. The highest BCUT2D eigenvalue weighted by Crippen LogP contribution is 2.25. The lowest BCUT2D eigenvalue weighted by molar-refractivity contribution is 0.102. The molecule has 0 bridgehead atoms. The second-order valence-corrected chi connectivity index (χ2v) is 5.67. The fraction of sp³-hybridized carbons (Fsp3) is 0. The first-order valence-corrected chi connectivity index (χ1v) is 6.99. The number of rotatable bonds is 2. The van der Waals surface area contributed by atoms with Crippen LogP contribution in [0.5, 0.6) is 0 Å². The summed E-state index contributed by atoms with van der Waals surface area (Å²) in [7, 11) is 0. The molecule has 20 heavy (non-hydrogen) atoms. The van der Waals surface area contributed by atoms with Crippen LogP contribution in [0, 0.1) is 15.2 Å². The van der Waals surface area contributed by atoms with Crippen molar-refractivity contribution in [3.05, 3.63) is 55.3 Å². The third-order valence-corrected chi connectivity index (χ3v) is 3.51. The van der Waals surface area contributed by atoms with Crippen molar-refractivity contribution in [3.63, 3.8) is 0 Å². The second kappa shape index (κ2) is 6.19. The maximum absolute atomic E-state index is 13.8. The van der Waals surface area contributed by atoms with Crippen molar-refractivity contribution in [1.29, 1.82) is 0 Å². The molecule has 0 saturated heterocycles. The summed E-state index contributed by atoms with van der Waals surface area (Å²) in [6.07, 6.45) is 1.22. The zero-order valence-corrected chi connectivity index (χ0v) is 13.2. The fourth-order valence-corrected chi connectivity index (χ4v) is 2.68. The molecule has 0 fully saturated rings. The zero-order valence-electron chi connectivity index (χ0n) is 9.55. The highest BCUT2D eigenvalue weighted by molar-refractivity contribution is 14.1. The van der Waals surface area contributed by atoms with E-state index in [1.54, 1.807) is 0 Å². The Kier molecular flexibility index (Phi) is 4.77. The molecule has 0 aliphatic heterocycles. The number of amides is 1. The summed E-state index contributed by atoms with van der Waals surface area (Å²) in [5, 5.41) is 1.75. The van der Waals surface area contributed by atoms with Gasteiger partial charge in [-0.1, -0.05) is 23.2 Å². The first-order chi connectivity index (χ1) is 9.40. The van der Waals surface area contributed by atoms with Gasteiger partial charge >= 0.3 is 0 Å². The minimum absolute atomic E-state index is 0.0625. The molecule has 0 aliphatic rings. The molecule has 0 aliphatic carbocycles. The van der Waals surface area contributed by atoms with Gasteiger partial charge in [0, 0.05) is 9.77 Å². The molecule has 1 heterocycles. The van der Waals surface area contributed by atoms with Gasteiger partial charge in [0.1, 0.15) is 5.82 Å². The molecular formula is C12H5Cl2F2IN2O. The molecule has 104 valence electrons. The summed E-state index contributed by atoms with van der Waals surface area (Å²) in [5.74, 6) is -2.56. The summed E-state index contributed by atoms with van der Waals surface area (Å²) in [6.45, 7) is 0. The first kappa shape index (κ1) is 15.4. The predicted molar refractivity (Wildman–Crippen MR) is 81.3 cm³/mol. The van der Waals surface area contributed by atoms with Gasteiger partial charge in [-0.2, -0.15) is 0 Å². The normalized spacial score (nSPS) is 10.4. The van der Waals surface area contributed by atoms with E-state index in [2.05, 4.69) is 10.3 Å². The van der Waals surface area contributed by atoms with Gasteiger partial charge in [-0.05, 0) is 40.8 Å². The molecular weight excluding hydrogens is 424 g/mol. The molecule has 2 rings (SSSR count). The number of carbonyl (C=O) groups excluding carboxylic acids is 1. The molecule has 2 aromatic rings. The SMILES string of the molecule is O=C(Nc1ccnc(Cl)c1F)c1c(F)cc(I)cc1Cl. The number of aromatic nitrogens is 1. The maximum atomic E-state index is 13.8. The Morgan fingerprint density at radius 2 is 2.00 bits per heavy atom. The number of carbonyl (C=O) groups is 1. The Bertz CT molecular complexity index is 674. The van der Waals surface area contributed by atoms with Crippen molar-refractivity contribution in [1.82, 2.24) is 4.98 Å². The molecule has 1 amide bonds. The van der Waals surface area contributed by atoms with E-state index in [1.165, 1.54) is 18.3 Å². The summed E-state index contributed by atoms with van der Waals surface area (Å²) < 4.78 is 27.9. The highest BCUT2D eigenvalue weighted by Gasteiger charge is 2.19. The molecule has 0 radical (unpaired) electrons. The van der Waals surface area contributed by atoms with E-state index in [4.69, 9.17) is 23.2 Å². The molecule has 1 N–H and O–H groups in total. The number of halogens is 5. The van der Waals surface area contributed by atoms with Crippen molar-refractivity contribution < 1.29 is 13.6 Å². The van der Waals surface area contributed by atoms with E-state index in [9.17, 15) is 13.6 Å². The number of hydrogen-bond donors (Lipinski definition) is 1. The van der Waals surface area contributed by atoms with Gasteiger partial charge in [-0.25, -0.2) is 13.8 Å². The lowest BCUT2D eigenvalue weighted by Crippen LogP contribution is -2.16. The van der Waals surface area contributed by atoms with Crippen LogP contribution in [0.15, 0.2) is 24.4 Å². The Labute approximate surface area is 136 Å². The summed E-state index contributed by atoms with van der Waals surface area (Å²) in [5.41, 5.74) is -0.566. The van der Waals surface area contributed by atoms with Crippen molar-refractivity contribution in [2.45, 2.75) is 0 Å². The number of nitrogens with zero attached hydrogens (tertiary/aromatic N) is 1. The maximum Gasteiger partial charge on any atom is 0.260 e. The van der Waals surface area contributed by atoms with Crippen LogP contribution in [0.1, 0.15) is 10.4 Å². The van der Waals surface area contributed by atoms with E-state index in [1.807, 2.05) is 22.6 Å². The molecule has 0 spiro atoms. The standard InChI is InChI=1S/C12H5Cl2F2IN2O/c13-6-3-5(17)4-7(15)9(6)12(20)19-8-1-2-18-11(14)10(8)16/h1-4H,(H,18,19,20). The van der Waals surface area contributed by atoms with Crippen LogP contribution < -0.4 is 5.32 Å². The molecule has 1 aromatic heterocycles. The summed E-state index contributed by atoms with van der Waals surface area (Å²) in [4.78, 5) is 15.5. The molecule has 0 unspecified atom stereocenters. The van der Waals surface area contributed by atoms with Crippen LogP contribution in [0.25, 0.3) is 0 Å². The van der Waals surface area contributed by atoms with Crippen LogP contribution in [-0.2, 0) is 0 Å². The fourth-order valence-electron chi connectivity index (χ4n) is 1.46. The minimum atomic E-state index is -0.899. The Morgan fingerprint density at radius 1 is 1.30 bits per heavy atom. The van der Waals surface area contributed by atoms with Crippen LogP contribution in [0.3, 0.4) is 0 Å². The van der Waals surface area contributed by atoms with Crippen LogP contribution in [-0.4, -0.2) is 10.9 Å². The third kappa shape index (κ3) is 3.18. The summed E-state index contributed by atoms with van der Waals surface area (Å²) >= 11 is 13.2. The first-order valence-electron chi connectivity index (χ1n) is 5.16. The second-order valence-electron chi connectivity index (χ2n) is 3.66. The van der Waals surface area contributed by atoms with Crippen molar-refractivity contribution in [2.75, 3.05) is 5.32 Å². The van der Waals surface area contributed by atoms with Crippen LogP contribution >= 0.6 is 45.8 Å². The molecule has 1 aromatic carbocycles. The van der Waals surface area contributed by atoms with Crippen molar-refractivity contribution in [3.8, 4) is 0 Å². The number of anilines is 1. The number of pyridine rings is 1. The van der Waals surface area contributed by atoms with Gasteiger partial charge in [0.05, 0.1) is 16.3 Å². The monoisotopic (exact) mass is 428 g/mol. The summed E-state index contributed by atoms with van der Waals surface area (Å²) in [6, 6.07) is 3.78. The Balaban J connectivity index is 2.36. The van der Waals surface area contributed by atoms with E-state index >= 15 is 0 Å². The van der Waals surface area contributed by atoms with E-state index in [0.29, 0.717) is 3.57 Å². The molecule has 0 saturated carbocycles. The smallest absolute Gasteiger partial charge is 0.260 e. The van der Waals surface area contributed by atoms with E-state index in [-0.39, 0.29) is 16.3 Å². The average Bonchev–Trinajstić information content (AvgIpc) is 2.33. The van der Waals surface area contributed by atoms with Crippen LogP contribution in [0.4, 0.5) is 14.5 Å². The van der Waals surface area contributed by atoms with Crippen molar-refractivity contribution >= 4 is 57.4 Å². The zero-order chi connectivity index (χ0) is 14.9. The number of benzene rings is 1. The quantitative estimate of drug-likeness (QED) is 0.564. The lowest BCUT2D eigenvalue weighted by atomic mass is 10.2. The van der Waals surface area contributed by atoms with Crippen LogP contribution in [0.2, 0.25) is 10.2 Å². The number of nitrogens with one attached hydrogen (secondary N) is 1. The van der Waals surface area contributed by atoms with Gasteiger partial charge in [-0.3, -0.25) is 4.79 Å². The minimum Gasteiger partial charge on any atom is -0.319 e. The van der Waals surface area contributed by atoms with E-state index < -0.39 is 22.7 Å². The Morgan fingerprint density at radius 3 is 2.65 bits per heavy atom. The predicted octanol–water partition coefficient (Wildman–Crippen LogP) is 4.52. The largest absolute Gasteiger partial charge is 0.319 e. The lowest BCUT2D eigenvalue weighted by Gasteiger charge is -2.09. The average molecular weight is 429 g/mol. The molecule has 0 atom stereocenters.